The van der Waals surface area contributed by atoms with Crippen LogP contribution in [0.15, 0.2) is 45.7 Å². The van der Waals surface area contributed by atoms with Crippen LogP contribution in [0.3, 0.4) is 0 Å². The molecule has 0 bridgehead atoms. The Hall–Kier alpha value is -2.85. The van der Waals surface area contributed by atoms with Crippen molar-refractivity contribution >= 4 is 50.1 Å². The average Bonchev–Trinajstić information content (AvgIpc) is 3.04. The molecule has 156 valence electrons. The third-order valence-corrected chi connectivity index (χ3v) is 7.20. The van der Waals surface area contributed by atoms with Crippen LogP contribution in [0.1, 0.15) is 21.5 Å². The van der Waals surface area contributed by atoms with Gasteiger partial charge in [-0.15, -0.1) is 4.40 Å². The number of hydrogen-bond donors (Lipinski definition) is 2. The first-order valence-corrected chi connectivity index (χ1v) is 11.7. The number of carbonyl (C=O) groups excluding carboxylic acids is 2. The number of anilines is 2. The number of para-hydroxylation sites is 1. The van der Waals surface area contributed by atoms with Gasteiger partial charge in [-0.3, -0.25) is 9.59 Å². The molecule has 0 radical (unpaired) electrons. The number of benzene rings is 2. The zero-order valence-electron chi connectivity index (χ0n) is 16.4. The number of thioether (sulfide) groups is 1. The van der Waals surface area contributed by atoms with E-state index in [-0.39, 0.29) is 24.1 Å². The van der Waals surface area contributed by atoms with Gasteiger partial charge in [0, 0.05) is 22.7 Å². The minimum absolute atomic E-state index is 0.0335. The number of nitrogens with one attached hydrogen (secondary N) is 2. The molecule has 0 atom stereocenters. The van der Waals surface area contributed by atoms with Gasteiger partial charge >= 0.3 is 0 Å². The number of sulfonamides is 1. The summed E-state index contributed by atoms with van der Waals surface area (Å²) in [6, 6.07) is 10.9. The van der Waals surface area contributed by atoms with Crippen LogP contribution in [0, 0.1) is 13.8 Å². The molecule has 0 aromatic heterocycles. The van der Waals surface area contributed by atoms with E-state index >= 15 is 0 Å². The van der Waals surface area contributed by atoms with E-state index in [2.05, 4.69) is 15.0 Å². The highest BCUT2D eigenvalue weighted by Crippen LogP contribution is 2.42. The highest BCUT2D eigenvalue weighted by atomic mass is 32.2. The number of amides is 2. The molecule has 30 heavy (non-hydrogen) atoms. The second kappa shape index (κ2) is 7.77. The van der Waals surface area contributed by atoms with Gasteiger partial charge < -0.3 is 15.5 Å². The monoisotopic (exact) mass is 444 g/mol. The summed E-state index contributed by atoms with van der Waals surface area (Å²) in [5, 5.41) is 5.86. The topological polar surface area (TPSA) is 108 Å². The van der Waals surface area contributed by atoms with E-state index in [1.165, 1.54) is 11.8 Å². The van der Waals surface area contributed by atoms with Gasteiger partial charge in [0.25, 0.3) is 15.9 Å². The highest BCUT2D eigenvalue weighted by Gasteiger charge is 2.33. The Bertz CT molecular complexity index is 1170. The van der Waals surface area contributed by atoms with Crippen molar-refractivity contribution in [3.8, 4) is 0 Å². The molecule has 0 aliphatic carbocycles. The Morgan fingerprint density at radius 3 is 2.63 bits per heavy atom. The molecule has 2 aliphatic rings. The van der Waals surface area contributed by atoms with Crippen LogP contribution >= 0.6 is 11.8 Å². The lowest BCUT2D eigenvalue weighted by molar-refractivity contribution is -0.115. The molecule has 0 unspecified atom stereocenters. The molecule has 2 amide bonds. The molecule has 10 heteroatoms. The summed E-state index contributed by atoms with van der Waals surface area (Å²) in [7, 11) is -3.43. The van der Waals surface area contributed by atoms with Crippen molar-refractivity contribution in [1.29, 1.82) is 0 Å². The van der Waals surface area contributed by atoms with Crippen molar-refractivity contribution in [1.82, 2.24) is 5.32 Å². The van der Waals surface area contributed by atoms with Crippen LogP contribution in [0.25, 0.3) is 0 Å². The second-order valence-electron chi connectivity index (χ2n) is 7.09. The number of aryl methyl sites for hydroxylation is 2. The number of fused-ring (bicyclic) bond motifs is 3. The van der Waals surface area contributed by atoms with Gasteiger partial charge in [-0.1, -0.05) is 18.2 Å². The van der Waals surface area contributed by atoms with E-state index in [0.29, 0.717) is 17.3 Å². The molecule has 0 spiro atoms. The Morgan fingerprint density at radius 1 is 1.17 bits per heavy atom. The summed E-state index contributed by atoms with van der Waals surface area (Å²) >= 11 is 1.22. The fourth-order valence-corrected chi connectivity index (χ4v) is 5.63. The molecule has 2 aromatic rings. The van der Waals surface area contributed by atoms with Gasteiger partial charge in [-0.2, -0.15) is 0 Å². The van der Waals surface area contributed by atoms with Gasteiger partial charge in [0.2, 0.25) is 5.91 Å². The minimum Gasteiger partial charge on any atom is -0.343 e. The van der Waals surface area contributed by atoms with Crippen molar-refractivity contribution in [3.63, 3.8) is 0 Å². The molecule has 0 saturated carbocycles. The number of rotatable bonds is 4. The van der Waals surface area contributed by atoms with Crippen molar-refractivity contribution in [3.05, 3.63) is 53.1 Å². The first kappa shape index (κ1) is 20.4. The summed E-state index contributed by atoms with van der Waals surface area (Å²) in [4.78, 5) is 27.4. The maximum atomic E-state index is 12.5. The van der Waals surface area contributed by atoms with Crippen LogP contribution in [0.4, 0.5) is 11.4 Å². The lowest BCUT2D eigenvalue weighted by atomic mass is 10.1. The van der Waals surface area contributed by atoms with Crippen LogP contribution in [0.2, 0.25) is 0 Å². The van der Waals surface area contributed by atoms with Crippen molar-refractivity contribution in [2.24, 2.45) is 4.40 Å². The molecule has 2 heterocycles. The quantitative estimate of drug-likeness (QED) is 0.749. The van der Waals surface area contributed by atoms with Crippen LogP contribution in [-0.4, -0.2) is 44.2 Å². The zero-order chi connectivity index (χ0) is 21.5. The lowest BCUT2D eigenvalue weighted by Gasteiger charge is -2.22. The predicted molar refractivity (Wildman–Crippen MR) is 118 cm³/mol. The fraction of sp³-hybridized carbons (Fsp3) is 0.250. The standard InChI is InChI=1S/C20H20N4O4S2/c1-12-4-3-5-13(2)18(12)22-17(25)11-21-19(26)14-6-7-15-16(10-14)29-20-23-30(27,28)9-8-24(15)20/h3-7,10H,8-9,11H2,1-2H3,(H,21,26)(H,22,25). The maximum absolute atomic E-state index is 12.5. The van der Waals surface area contributed by atoms with Gasteiger partial charge in [-0.05, 0) is 54.9 Å². The van der Waals surface area contributed by atoms with E-state index < -0.39 is 10.0 Å². The number of carbonyl (C=O) groups is 2. The summed E-state index contributed by atoms with van der Waals surface area (Å²) in [5.41, 5.74) is 3.87. The largest absolute Gasteiger partial charge is 0.343 e. The molecule has 2 aliphatic heterocycles. The predicted octanol–water partition coefficient (Wildman–Crippen LogP) is 2.28. The normalized spacial score (nSPS) is 16.3. The first-order chi connectivity index (χ1) is 14.2. The minimum atomic E-state index is -3.43. The summed E-state index contributed by atoms with van der Waals surface area (Å²) in [6.07, 6.45) is 0. The molecule has 2 aromatic carbocycles. The SMILES string of the molecule is Cc1cccc(C)c1NC(=O)CNC(=O)c1ccc2c(c1)SC1=NS(=O)(=O)CCN12. The molecule has 0 saturated heterocycles. The molecular formula is C20H20N4O4S2. The van der Waals surface area contributed by atoms with E-state index in [9.17, 15) is 18.0 Å². The Balaban J connectivity index is 1.42. The average molecular weight is 445 g/mol. The number of hydrogen-bond acceptors (Lipinski definition) is 6. The lowest BCUT2D eigenvalue weighted by Crippen LogP contribution is -2.35. The summed E-state index contributed by atoms with van der Waals surface area (Å²) in [6.45, 7) is 4.00. The van der Waals surface area contributed by atoms with E-state index in [4.69, 9.17) is 0 Å². The van der Waals surface area contributed by atoms with Crippen molar-refractivity contribution in [2.45, 2.75) is 18.7 Å². The second-order valence-corrected chi connectivity index (χ2v) is 9.86. The van der Waals surface area contributed by atoms with Gasteiger partial charge in [-0.25, -0.2) is 8.42 Å². The zero-order valence-corrected chi connectivity index (χ0v) is 18.1. The Kier molecular flexibility index (Phi) is 5.29. The van der Waals surface area contributed by atoms with Gasteiger partial charge in [0.15, 0.2) is 5.17 Å². The van der Waals surface area contributed by atoms with E-state index in [0.717, 1.165) is 27.4 Å². The Morgan fingerprint density at radius 2 is 1.90 bits per heavy atom. The third kappa shape index (κ3) is 4.05. The third-order valence-electron chi connectivity index (χ3n) is 4.89. The maximum Gasteiger partial charge on any atom is 0.257 e. The van der Waals surface area contributed by atoms with Crippen LogP contribution in [0.5, 0.6) is 0 Å². The molecule has 0 fully saturated rings. The fourth-order valence-electron chi connectivity index (χ4n) is 3.33. The van der Waals surface area contributed by atoms with Gasteiger partial charge in [0.05, 0.1) is 18.0 Å². The van der Waals surface area contributed by atoms with E-state index in [1.807, 2.05) is 36.9 Å². The molecule has 2 N–H and O–H groups in total. The smallest absolute Gasteiger partial charge is 0.257 e. The van der Waals surface area contributed by atoms with Crippen molar-refractivity contribution < 1.29 is 18.0 Å². The number of nitrogens with zero attached hydrogens (tertiary/aromatic N) is 2. The Labute approximate surface area is 178 Å². The van der Waals surface area contributed by atoms with Crippen molar-refractivity contribution in [2.75, 3.05) is 29.1 Å². The number of amidine groups is 1. The summed E-state index contributed by atoms with van der Waals surface area (Å²) < 4.78 is 27.2. The van der Waals surface area contributed by atoms with E-state index in [1.54, 1.807) is 18.2 Å². The molecular weight excluding hydrogens is 424 g/mol. The summed E-state index contributed by atoms with van der Waals surface area (Å²) in [5.74, 6) is -0.726. The van der Waals surface area contributed by atoms with Crippen LogP contribution in [-0.2, 0) is 14.8 Å². The highest BCUT2D eigenvalue weighted by molar-refractivity contribution is 8.15. The van der Waals surface area contributed by atoms with Gasteiger partial charge in [0.1, 0.15) is 0 Å². The molecule has 4 rings (SSSR count). The first-order valence-electron chi connectivity index (χ1n) is 9.30. The van der Waals surface area contributed by atoms with Crippen LogP contribution < -0.4 is 15.5 Å². The molecule has 8 nitrogen and oxygen atoms in total.